The molecule has 11 heteroatoms. The van der Waals surface area contributed by atoms with Gasteiger partial charge in [-0.05, 0) is 37.6 Å². The molecule has 2 aromatic rings. The molecular weight excluding hydrogens is 462 g/mol. The molecule has 0 aromatic heterocycles. The van der Waals surface area contributed by atoms with E-state index in [9.17, 15) is 26.8 Å². The van der Waals surface area contributed by atoms with E-state index in [1.165, 1.54) is 18.2 Å². The third kappa shape index (κ3) is 6.42. The van der Waals surface area contributed by atoms with Crippen LogP contribution in [0.15, 0.2) is 53.4 Å². The second kappa shape index (κ2) is 9.86. The summed E-state index contributed by atoms with van der Waals surface area (Å²) in [5, 5.41) is 5.32. The molecule has 0 spiro atoms. The normalized spacial score (nSPS) is 19.5. The minimum atomic E-state index is -3.18. The largest absolute Gasteiger partial charge is 0.433 e. The summed E-state index contributed by atoms with van der Waals surface area (Å²) < 4.78 is 53.0. The Morgan fingerprint density at radius 1 is 1.16 bits per heavy atom. The lowest BCUT2D eigenvalue weighted by molar-refractivity contribution is -0.113. The Balaban J connectivity index is 1.64. The van der Waals surface area contributed by atoms with Crippen LogP contribution in [0.25, 0.3) is 0 Å². The van der Waals surface area contributed by atoms with Gasteiger partial charge in [-0.2, -0.15) is 8.78 Å². The molecule has 1 fully saturated rings. The van der Waals surface area contributed by atoms with Crippen LogP contribution < -0.4 is 15.4 Å². The Morgan fingerprint density at radius 2 is 1.84 bits per heavy atom. The fourth-order valence-corrected chi connectivity index (χ4v) is 6.27. The molecule has 1 atom stereocenters. The van der Waals surface area contributed by atoms with Crippen LogP contribution in [0.4, 0.5) is 14.5 Å². The second-order valence-electron chi connectivity index (χ2n) is 7.56. The van der Waals surface area contributed by atoms with Gasteiger partial charge in [-0.25, -0.2) is 8.42 Å². The van der Waals surface area contributed by atoms with Crippen molar-refractivity contribution >= 4 is 39.1 Å². The van der Waals surface area contributed by atoms with Crippen LogP contribution >= 0.6 is 11.8 Å². The van der Waals surface area contributed by atoms with Crippen LogP contribution in [0.5, 0.6) is 5.75 Å². The summed E-state index contributed by atoms with van der Waals surface area (Å²) in [7, 11) is -3.18. The topological polar surface area (TPSA) is 102 Å². The number of amides is 2. The predicted octanol–water partition coefficient (Wildman–Crippen LogP) is 3.33. The van der Waals surface area contributed by atoms with Crippen molar-refractivity contribution in [2.75, 3.05) is 22.6 Å². The smallest absolute Gasteiger partial charge is 0.387 e. The maximum absolute atomic E-state index is 12.8. The van der Waals surface area contributed by atoms with Crippen molar-refractivity contribution in [3.05, 3.63) is 54.1 Å². The molecule has 3 rings (SSSR count). The number of hydrogen-bond donors (Lipinski definition) is 2. The number of halogens is 2. The quantitative estimate of drug-likeness (QED) is 0.558. The first-order valence-corrected chi connectivity index (χ1v) is 12.5. The van der Waals surface area contributed by atoms with Crippen molar-refractivity contribution in [3.8, 4) is 5.75 Å². The van der Waals surface area contributed by atoms with Gasteiger partial charge < -0.3 is 15.4 Å². The number of rotatable bonds is 8. The van der Waals surface area contributed by atoms with Crippen LogP contribution in [-0.4, -0.2) is 49.6 Å². The van der Waals surface area contributed by atoms with Gasteiger partial charge >= 0.3 is 6.61 Å². The molecule has 1 aliphatic heterocycles. The molecular formula is C21H22F2N2O5S2. The number of sulfone groups is 1. The molecule has 7 nitrogen and oxygen atoms in total. The minimum Gasteiger partial charge on any atom is -0.433 e. The molecule has 1 aliphatic rings. The Hall–Kier alpha value is -2.66. The van der Waals surface area contributed by atoms with E-state index < -0.39 is 33.8 Å². The molecule has 0 aliphatic carbocycles. The van der Waals surface area contributed by atoms with Gasteiger partial charge in [0.1, 0.15) is 5.75 Å². The Morgan fingerprint density at radius 3 is 2.53 bits per heavy atom. The highest BCUT2D eigenvalue weighted by Crippen LogP contribution is 2.28. The zero-order valence-electron chi connectivity index (χ0n) is 17.1. The first-order chi connectivity index (χ1) is 15.1. The van der Waals surface area contributed by atoms with E-state index >= 15 is 0 Å². The number of hydrogen-bond acceptors (Lipinski definition) is 6. The number of anilines is 1. The number of alkyl halides is 2. The Bertz CT molecular complexity index is 1110. The molecule has 2 aromatic carbocycles. The summed E-state index contributed by atoms with van der Waals surface area (Å²) in [5.41, 5.74) is -0.420. The van der Waals surface area contributed by atoms with Gasteiger partial charge in [-0.3, -0.25) is 9.59 Å². The fourth-order valence-electron chi connectivity index (χ4n) is 3.33. The summed E-state index contributed by atoms with van der Waals surface area (Å²) >= 11 is 1.10. The van der Waals surface area contributed by atoms with Crippen LogP contribution in [0.2, 0.25) is 0 Å². The van der Waals surface area contributed by atoms with Gasteiger partial charge in [0, 0.05) is 4.90 Å². The van der Waals surface area contributed by atoms with E-state index in [1.54, 1.807) is 37.3 Å². The maximum Gasteiger partial charge on any atom is 0.387 e. The number of ether oxygens (including phenoxy) is 1. The van der Waals surface area contributed by atoms with Gasteiger partial charge in [-0.1, -0.05) is 24.3 Å². The van der Waals surface area contributed by atoms with Gasteiger partial charge in [0.05, 0.1) is 34.0 Å². The molecule has 1 heterocycles. The van der Waals surface area contributed by atoms with Crippen molar-refractivity contribution in [1.29, 1.82) is 0 Å². The van der Waals surface area contributed by atoms with Crippen LogP contribution in [0.3, 0.4) is 0 Å². The molecule has 1 saturated heterocycles. The fraction of sp³-hybridized carbons (Fsp3) is 0.333. The number of benzene rings is 2. The van der Waals surface area contributed by atoms with E-state index in [4.69, 9.17) is 0 Å². The zero-order chi connectivity index (χ0) is 23.4. The SMILES string of the molecule is C[C@]1(NC(=O)c2ccccc2SCC(=O)Nc2ccccc2OC(F)F)CCS(=O)(=O)C1. The molecule has 172 valence electrons. The molecule has 0 bridgehead atoms. The second-order valence-corrected chi connectivity index (χ2v) is 10.8. The molecule has 0 unspecified atom stereocenters. The van der Waals surface area contributed by atoms with E-state index in [2.05, 4.69) is 15.4 Å². The Labute approximate surface area is 188 Å². The first kappa shape index (κ1) is 24.0. The summed E-state index contributed by atoms with van der Waals surface area (Å²) in [4.78, 5) is 25.7. The minimum absolute atomic E-state index is 0.0249. The number of nitrogens with one attached hydrogen (secondary N) is 2. The van der Waals surface area contributed by atoms with Crippen molar-refractivity contribution in [2.24, 2.45) is 0 Å². The van der Waals surface area contributed by atoms with E-state index in [0.717, 1.165) is 11.8 Å². The number of para-hydroxylation sites is 2. The summed E-state index contributed by atoms with van der Waals surface area (Å²) in [5.74, 6) is -1.23. The molecule has 32 heavy (non-hydrogen) atoms. The van der Waals surface area contributed by atoms with Gasteiger partial charge in [0.2, 0.25) is 5.91 Å². The van der Waals surface area contributed by atoms with Crippen molar-refractivity contribution in [1.82, 2.24) is 5.32 Å². The zero-order valence-corrected chi connectivity index (χ0v) is 18.8. The molecule has 2 N–H and O–H groups in total. The highest BCUT2D eigenvalue weighted by Gasteiger charge is 2.39. The van der Waals surface area contributed by atoms with Gasteiger partial charge in [0.25, 0.3) is 5.91 Å². The average Bonchev–Trinajstić information content (AvgIpc) is 3.00. The van der Waals surface area contributed by atoms with Crippen molar-refractivity contribution < 1.29 is 31.5 Å². The maximum atomic E-state index is 12.8. The molecule has 0 radical (unpaired) electrons. The number of thioether (sulfide) groups is 1. The van der Waals surface area contributed by atoms with E-state index in [0.29, 0.717) is 16.9 Å². The van der Waals surface area contributed by atoms with Gasteiger partial charge in [-0.15, -0.1) is 11.8 Å². The van der Waals surface area contributed by atoms with Gasteiger partial charge in [0.15, 0.2) is 9.84 Å². The van der Waals surface area contributed by atoms with E-state index in [-0.39, 0.29) is 28.7 Å². The molecule has 2 amide bonds. The van der Waals surface area contributed by atoms with Crippen LogP contribution in [-0.2, 0) is 14.6 Å². The first-order valence-electron chi connectivity index (χ1n) is 9.65. The lowest BCUT2D eigenvalue weighted by Gasteiger charge is -2.24. The summed E-state index contributed by atoms with van der Waals surface area (Å²) in [6.07, 6.45) is 0.332. The Kier molecular flexibility index (Phi) is 7.40. The highest BCUT2D eigenvalue weighted by atomic mass is 32.2. The monoisotopic (exact) mass is 484 g/mol. The average molecular weight is 485 g/mol. The lowest BCUT2D eigenvalue weighted by Crippen LogP contribution is -2.47. The van der Waals surface area contributed by atoms with Crippen molar-refractivity contribution in [2.45, 2.75) is 30.4 Å². The number of carbonyl (C=O) groups is 2. The third-order valence-electron chi connectivity index (χ3n) is 4.79. The van der Waals surface area contributed by atoms with Crippen LogP contribution in [0, 0.1) is 0 Å². The third-order valence-corrected chi connectivity index (χ3v) is 7.76. The molecule has 0 saturated carbocycles. The highest BCUT2D eigenvalue weighted by molar-refractivity contribution is 8.00. The lowest BCUT2D eigenvalue weighted by atomic mass is 10.0. The standard InChI is InChI=1S/C21H22F2N2O5S2/c1-21(10-11-32(28,29)13-21)25-19(27)14-6-2-5-9-17(14)31-12-18(26)24-15-7-3-4-8-16(15)30-20(22)23/h2-9,20H,10-13H2,1H3,(H,24,26)(H,25,27)/t21-/m0/s1. The summed E-state index contributed by atoms with van der Waals surface area (Å²) in [6, 6.07) is 12.5. The van der Waals surface area contributed by atoms with E-state index in [1.807, 2.05) is 0 Å². The van der Waals surface area contributed by atoms with Crippen molar-refractivity contribution in [3.63, 3.8) is 0 Å². The summed E-state index contributed by atoms with van der Waals surface area (Å²) in [6.45, 7) is -1.33. The number of carbonyl (C=O) groups excluding carboxylic acids is 2. The van der Waals surface area contributed by atoms with Crippen LogP contribution in [0.1, 0.15) is 23.7 Å². The predicted molar refractivity (Wildman–Crippen MR) is 118 cm³/mol.